The van der Waals surface area contributed by atoms with Gasteiger partial charge in [-0.2, -0.15) is 5.10 Å². The molecule has 2 rings (SSSR count). The fourth-order valence-corrected chi connectivity index (χ4v) is 1.83. The van der Waals surface area contributed by atoms with Crippen molar-refractivity contribution in [1.82, 2.24) is 14.7 Å². The number of nitrogens with zero attached hydrogens (tertiary/aromatic N) is 3. The third kappa shape index (κ3) is 2.40. The first kappa shape index (κ1) is 11.1. The van der Waals surface area contributed by atoms with E-state index in [1.54, 1.807) is 0 Å². The van der Waals surface area contributed by atoms with Crippen molar-refractivity contribution in [2.24, 2.45) is 0 Å². The Hall–Kier alpha value is -1.40. The molecule has 1 fully saturated rings. The molecule has 1 aliphatic rings. The van der Waals surface area contributed by atoms with Crippen molar-refractivity contribution in [1.29, 1.82) is 0 Å². The van der Waals surface area contributed by atoms with Gasteiger partial charge in [0.05, 0.1) is 19.3 Å². The minimum absolute atomic E-state index is 0.0109. The minimum atomic E-state index is -0.957. The highest BCUT2D eigenvalue weighted by Gasteiger charge is 2.20. The van der Waals surface area contributed by atoms with Crippen molar-refractivity contribution in [2.75, 3.05) is 26.7 Å². The summed E-state index contributed by atoms with van der Waals surface area (Å²) in [6.07, 6.45) is 1.51. The van der Waals surface area contributed by atoms with Gasteiger partial charge in [0.1, 0.15) is 5.69 Å². The predicted molar refractivity (Wildman–Crippen MR) is 56.4 cm³/mol. The molecule has 1 saturated heterocycles. The average Bonchev–Trinajstić information content (AvgIpc) is 2.66. The number of aromatic carboxylic acids is 1. The Morgan fingerprint density at radius 1 is 1.75 bits per heavy atom. The number of likely N-dealkylation sites (N-methyl/N-ethyl adjacent to an activating group) is 1. The molecule has 1 aromatic rings. The van der Waals surface area contributed by atoms with Crippen molar-refractivity contribution in [3.63, 3.8) is 0 Å². The normalized spacial score (nSPS) is 22.2. The number of carboxylic acids is 1. The second-order valence-corrected chi connectivity index (χ2v) is 3.96. The number of hydrogen-bond donors (Lipinski definition) is 1. The van der Waals surface area contributed by atoms with Crippen molar-refractivity contribution in [3.8, 4) is 0 Å². The molecule has 0 radical (unpaired) electrons. The summed E-state index contributed by atoms with van der Waals surface area (Å²) in [5, 5.41) is 12.9. The van der Waals surface area contributed by atoms with Gasteiger partial charge in [0.2, 0.25) is 0 Å². The van der Waals surface area contributed by atoms with Gasteiger partial charge >= 0.3 is 5.97 Å². The number of ether oxygens (including phenoxy) is 1. The lowest BCUT2D eigenvalue weighted by molar-refractivity contribution is -0.0294. The van der Waals surface area contributed by atoms with E-state index in [0.29, 0.717) is 13.2 Å². The highest BCUT2D eigenvalue weighted by atomic mass is 16.5. The minimum Gasteiger partial charge on any atom is -0.477 e. The zero-order valence-electron chi connectivity index (χ0n) is 9.17. The first-order valence-electron chi connectivity index (χ1n) is 5.22. The topological polar surface area (TPSA) is 67.6 Å². The molecular formula is C10H15N3O3. The first-order valence-corrected chi connectivity index (χ1v) is 5.22. The Labute approximate surface area is 93.4 Å². The van der Waals surface area contributed by atoms with E-state index in [0.717, 1.165) is 13.1 Å². The van der Waals surface area contributed by atoms with E-state index in [-0.39, 0.29) is 11.8 Å². The van der Waals surface area contributed by atoms with E-state index in [4.69, 9.17) is 9.84 Å². The Morgan fingerprint density at radius 3 is 3.25 bits per heavy atom. The summed E-state index contributed by atoms with van der Waals surface area (Å²) < 4.78 is 7.04. The zero-order chi connectivity index (χ0) is 11.5. The quantitative estimate of drug-likeness (QED) is 0.778. The van der Waals surface area contributed by atoms with Crippen LogP contribution in [0.25, 0.3) is 0 Å². The maximum Gasteiger partial charge on any atom is 0.354 e. The maximum atomic E-state index is 10.9. The smallest absolute Gasteiger partial charge is 0.354 e. The molecule has 0 aromatic carbocycles. The van der Waals surface area contributed by atoms with Crippen LogP contribution in [0.2, 0.25) is 0 Å². The monoisotopic (exact) mass is 225 g/mol. The Kier molecular flexibility index (Phi) is 3.21. The molecule has 6 heteroatoms. The third-order valence-corrected chi connectivity index (χ3v) is 2.65. The Bertz CT molecular complexity index is 377. The van der Waals surface area contributed by atoms with Gasteiger partial charge in [0.25, 0.3) is 0 Å². The standard InChI is InChI=1S/C10H15N3O3/c1-12-4-5-16-8(6-12)7-13-9(10(14)15)2-3-11-13/h2-3,8H,4-7H2,1H3,(H,14,15). The molecule has 16 heavy (non-hydrogen) atoms. The van der Waals surface area contributed by atoms with Crippen LogP contribution in [0.1, 0.15) is 10.5 Å². The van der Waals surface area contributed by atoms with Gasteiger partial charge in [-0.15, -0.1) is 0 Å². The highest BCUT2D eigenvalue weighted by Crippen LogP contribution is 2.07. The van der Waals surface area contributed by atoms with Crippen molar-refractivity contribution in [2.45, 2.75) is 12.6 Å². The van der Waals surface area contributed by atoms with Crippen LogP contribution in [0.5, 0.6) is 0 Å². The molecule has 0 saturated carbocycles. The summed E-state index contributed by atoms with van der Waals surface area (Å²) in [7, 11) is 2.02. The lowest BCUT2D eigenvalue weighted by Crippen LogP contribution is -2.42. The molecule has 0 amide bonds. The van der Waals surface area contributed by atoms with Gasteiger partial charge < -0.3 is 14.7 Å². The Morgan fingerprint density at radius 2 is 2.56 bits per heavy atom. The van der Waals surface area contributed by atoms with E-state index < -0.39 is 5.97 Å². The fourth-order valence-electron chi connectivity index (χ4n) is 1.83. The van der Waals surface area contributed by atoms with Crippen LogP contribution in [0.15, 0.2) is 12.3 Å². The zero-order valence-corrected chi connectivity index (χ0v) is 9.17. The van der Waals surface area contributed by atoms with Crippen molar-refractivity contribution in [3.05, 3.63) is 18.0 Å². The maximum absolute atomic E-state index is 10.9. The van der Waals surface area contributed by atoms with E-state index in [1.807, 2.05) is 7.05 Å². The molecular weight excluding hydrogens is 210 g/mol. The van der Waals surface area contributed by atoms with Crippen LogP contribution in [-0.2, 0) is 11.3 Å². The van der Waals surface area contributed by atoms with Crippen molar-refractivity contribution < 1.29 is 14.6 Å². The van der Waals surface area contributed by atoms with E-state index >= 15 is 0 Å². The summed E-state index contributed by atoms with van der Waals surface area (Å²) in [6, 6.07) is 1.49. The summed E-state index contributed by atoms with van der Waals surface area (Å²) in [4.78, 5) is 13.0. The molecule has 1 aliphatic heterocycles. The number of carbonyl (C=O) groups is 1. The number of carboxylic acid groups (broad SMARTS) is 1. The number of rotatable bonds is 3. The molecule has 0 aliphatic carbocycles. The largest absolute Gasteiger partial charge is 0.477 e. The number of aromatic nitrogens is 2. The Balaban J connectivity index is 2.02. The van der Waals surface area contributed by atoms with Gasteiger partial charge in [-0.1, -0.05) is 0 Å². The summed E-state index contributed by atoms with van der Waals surface area (Å²) >= 11 is 0. The van der Waals surface area contributed by atoms with Crippen LogP contribution < -0.4 is 0 Å². The SMILES string of the molecule is CN1CCOC(Cn2nccc2C(=O)O)C1. The molecule has 2 heterocycles. The number of morpholine rings is 1. The highest BCUT2D eigenvalue weighted by molar-refractivity contribution is 5.85. The van der Waals surface area contributed by atoms with Crippen molar-refractivity contribution >= 4 is 5.97 Å². The molecule has 88 valence electrons. The van der Waals surface area contributed by atoms with E-state index in [9.17, 15) is 4.79 Å². The molecule has 6 nitrogen and oxygen atoms in total. The van der Waals surface area contributed by atoms with Gasteiger partial charge in [-0.3, -0.25) is 4.68 Å². The molecule has 0 spiro atoms. The average molecular weight is 225 g/mol. The third-order valence-electron chi connectivity index (χ3n) is 2.65. The molecule has 1 unspecified atom stereocenters. The fraction of sp³-hybridized carbons (Fsp3) is 0.600. The molecule has 1 N–H and O–H groups in total. The van der Waals surface area contributed by atoms with Crippen LogP contribution >= 0.6 is 0 Å². The van der Waals surface area contributed by atoms with Crippen LogP contribution in [0.4, 0.5) is 0 Å². The van der Waals surface area contributed by atoms with Gasteiger partial charge in [-0.25, -0.2) is 4.79 Å². The second kappa shape index (κ2) is 4.63. The summed E-state index contributed by atoms with van der Waals surface area (Å²) in [6.45, 7) is 2.89. The summed E-state index contributed by atoms with van der Waals surface area (Å²) in [5.74, 6) is -0.957. The second-order valence-electron chi connectivity index (χ2n) is 3.96. The lowest BCUT2D eigenvalue weighted by atomic mass is 10.3. The van der Waals surface area contributed by atoms with Gasteiger partial charge in [0.15, 0.2) is 0 Å². The molecule has 0 bridgehead atoms. The van der Waals surface area contributed by atoms with Crippen LogP contribution in [-0.4, -0.2) is 58.6 Å². The van der Waals surface area contributed by atoms with E-state index in [2.05, 4.69) is 10.00 Å². The predicted octanol–water partition coefficient (Wildman–Crippen LogP) is -0.0881. The van der Waals surface area contributed by atoms with Crippen LogP contribution in [0, 0.1) is 0 Å². The number of hydrogen-bond acceptors (Lipinski definition) is 4. The lowest BCUT2D eigenvalue weighted by Gasteiger charge is -2.30. The van der Waals surface area contributed by atoms with Gasteiger partial charge in [-0.05, 0) is 13.1 Å². The summed E-state index contributed by atoms with van der Waals surface area (Å²) in [5.41, 5.74) is 0.205. The molecule has 1 aromatic heterocycles. The first-order chi connectivity index (χ1) is 7.66. The van der Waals surface area contributed by atoms with Crippen LogP contribution in [0.3, 0.4) is 0 Å². The van der Waals surface area contributed by atoms with Gasteiger partial charge in [0, 0.05) is 19.3 Å². The molecule has 1 atom stereocenters. The van der Waals surface area contributed by atoms with E-state index in [1.165, 1.54) is 16.9 Å².